The number of amides is 2. The quantitative estimate of drug-likeness (QED) is 0.811. The van der Waals surface area contributed by atoms with Crippen LogP contribution in [0.4, 0.5) is 10.1 Å². The highest BCUT2D eigenvalue weighted by Gasteiger charge is 2.24. The Kier molecular flexibility index (Phi) is 6.54. The first kappa shape index (κ1) is 18.8. The van der Waals surface area contributed by atoms with Crippen molar-refractivity contribution in [2.24, 2.45) is 0 Å². The number of carbonyl (C=O) groups excluding carboxylic acids is 2. The Morgan fingerprint density at radius 3 is 2.19 bits per heavy atom. The summed E-state index contributed by atoms with van der Waals surface area (Å²) in [6.45, 7) is 6.29. The number of hydrogen-bond donors (Lipinski definition) is 1. The van der Waals surface area contributed by atoms with Crippen LogP contribution in [0.25, 0.3) is 0 Å². The highest BCUT2D eigenvalue weighted by Crippen LogP contribution is 2.09. The minimum absolute atomic E-state index is 0.135. The number of morpholine rings is 1. The molecule has 2 aliphatic heterocycles. The normalized spacial score (nSPS) is 19.3. The van der Waals surface area contributed by atoms with Gasteiger partial charge in [0, 0.05) is 45.0 Å². The summed E-state index contributed by atoms with van der Waals surface area (Å²) in [5, 5.41) is 2.76. The lowest BCUT2D eigenvalue weighted by Crippen LogP contribution is -2.53. The molecule has 0 unspecified atom stereocenters. The van der Waals surface area contributed by atoms with E-state index in [4.69, 9.17) is 4.74 Å². The van der Waals surface area contributed by atoms with Gasteiger partial charge in [0.2, 0.25) is 11.8 Å². The van der Waals surface area contributed by atoms with Crippen molar-refractivity contribution >= 4 is 17.5 Å². The fourth-order valence-electron chi connectivity index (χ4n) is 3.14. The molecule has 2 saturated heterocycles. The van der Waals surface area contributed by atoms with E-state index in [1.807, 2.05) is 9.80 Å². The summed E-state index contributed by atoms with van der Waals surface area (Å²) >= 11 is 0. The van der Waals surface area contributed by atoms with Gasteiger partial charge in [0.1, 0.15) is 5.82 Å². The van der Waals surface area contributed by atoms with Crippen molar-refractivity contribution in [1.82, 2.24) is 14.7 Å². The van der Waals surface area contributed by atoms with E-state index in [9.17, 15) is 14.0 Å². The van der Waals surface area contributed by atoms with Gasteiger partial charge in [-0.25, -0.2) is 4.39 Å². The Morgan fingerprint density at radius 2 is 1.54 bits per heavy atom. The number of ether oxygens (including phenoxy) is 1. The molecular weight excluding hydrogens is 339 g/mol. The minimum Gasteiger partial charge on any atom is -0.379 e. The number of benzene rings is 1. The molecule has 0 atom stereocenters. The zero-order valence-electron chi connectivity index (χ0n) is 14.8. The Bertz CT molecular complexity index is 611. The van der Waals surface area contributed by atoms with Gasteiger partial charge in [-0.1, -0.05) is 0 Å². The lowest BCUT2D eigenvalue weighted by Gasteiger charge is -2.36. The number of nitrogens with one attached hydrogen (secondary N) is 1. The molecule has 0 saturated carbocycles. The van der Waals surface area contributed by atoms with Gasteiger partial charge >= 0.3 is 0 Å². The summed E-state index contributed by atoms with van der Waals surface area (Å²) in [7, 11) is 0. The largest absolute Gasteiger partial charge is 0.379 e. The maximum atomic E-state index is 12.9. The molecule has 1 aromatic carbocycles. The predicted molar refractivity (Wildman–Crippen MR) is 95.3 cm³/mol. The highest BCUT2D eigenvalue weighted by molar-refractivity contribution is 5.92. The van der Waals surface area contributed by atoms with Crippen molar-refractivity contribution in [2.45, 2.75) is 0 Å². The predicted octanol–water partition coefficient (Wildman–Crippen LogP) is 0.241. The lowest BCUT2D eigenvalue weighted by molar-refractivity contribution is -0.135. The summed E-state index contributed by atoms with van der Waals surface area (Å²) in [6.07, 6.45) is 0. The van der Waals surface area contributed by atoms with E-state index in [-0.39, 0.29) is 24.2 Å². The van der Waals surface area contributed by atoms with Gasteiger partial charge in [-0.15, -0.1) is 0 Å². The van der Waals surface area contributed by atoms with Crippen LogP contribution in [-0.4, -0.2) is 92.1 Å². The molecule has 0 spiro atoms. The van der Waals surface area contributed by atoms with Crippen LogP contribution >= 0.6 is 0 Å². The number of halogens is 1. The molecule has 26 heavy (non-hydrogen) atoms. The van der Waals surface area contributed by atoms with Gasteiger partial charge in [-0.2, -0.15) is 0 Å². The average molecular weight is 364 g/mol. The fraction of sp³-hybridized carbons (Fsp3) is 0.556. The first-order chi connectivity index (χ1) is 12.6. The Morgan fingerprint density at radius 1 is 0.923 bits per heavy atom. The van der Waals surface area contributed by atoms with Crippen molar-refractivity contribution in [3.63, 3.8) is 0 Å². The molecule has 0 bridgehead atoms. The zero-order chi connectivity index (χ0) is 18.4. The van der Waals surface area contributed by atoms with E-state index < -0.39 is 0 Å². The molecule has 2 amide bonds. The lowest BCUT2D eigenvalue weighted by atomic mass is 10.2. The number of carbonyl (C=O) groups is 2. The maximum absolute atomic E-state index is 12.9. The van der Waals surface area contributed by atoms with Gasteiger partial charge in [0.05, 0.1) is 26.3 Å². The SMILES string of the molecule is O=C(CN1CCN(C(=O)CN2CCOCC2)CC1)Nc1ccc(F)cc1. The van der Waals surface area contributed by atoms with Crippen LogP contribution in [0, 0.1) is 5.82 Å². The van der Waals surface area contributed by atoms with Crippen LogP contribution in [0.15, 0.2) is 24.3 Å². The van der Waals surface area contributed by atoms with Gasteiger partial charge in [0.15, 0.2) is 0 Å². The molecule has 2 heterocycles. The van der Waals surface area contributed by atoms with Gasteiger partial charge in [0.25, 0.3) is 0 Å². The topological polar surface area (TPSA) is 65.1 Å². The van der Waals surface area contributed by atoms with Crippen LogP contribution in [0.3, 0.4) is 0 Å². The third-order valence-electron chi connectivity index (χ3n) is 4.68. The zero-order valence-corrected chi connectivity index (χ0v) is 14.8. The van der Waals surface area contributed by atoms with Crippen LogP contribution < -0.4 is 5.32 Å². The van der Waals surface area contributed by atoms with Crippen LogP contribution in [-0.2, 0) is 14.3 Å². The molecule has 3 rings (SSSR count). The van der Waals surface area contributed by atoms with Crippen LogP contribution in [0.5, 0.6) is 0 Å². The molecule has 0 aliphatic carbocycles. The van der Waals surface area contributed by atoms with Crippen molar-refractivity contribution in [3.05, 3.63) is 30.1 Å². The molecule has 2 fully saturated rings. The standard InChI is InChI=1S/C18H25FN4O3/c19-15-1-3-16(4-2-15)20-17(24)13-21-5-7-23(8-6-21)18(25)14-22-9-11-26-12-10-22/h1-4H,5-14H2,(H,20,24). The molecule has 0 aromatic heterocycles. The second-order valence-corrected chi connectivity index (χ2v) is 6.60. The molecule has 7 nitrogen and oxygen atoms in total. The third kappa shape index (κ3) is 5.48. The van der Waals surface area contributed by atoms with Gasteiger partial charge in [-0.05, 0) is 24.3 Å². The molecule has 0 radical (unpaired) electrons. The summed E-state index contributed by atoms with van der Waals surface area (Å²) in [5.74, 6) is -0.326. The summed E-state index contributed by atoms with van der Waals surface area (Å²) in [5.41, 5.74) is 0.579. The summed E-state index contributed by atoms with van der Waals surface area (Å²) < 4.78 is 18.2. The van der Waals surface area contributed by atoms with E-state index in [1.165, 1.54) is 24.3 Å². The second-order valence-electron chi connectivity index (χ2n) is 6.60. The molecule has 142 valence electrons. The van der Waals surface area contributed by atoms with Gasteiger partial charge in [-0.3, -0.25) is 19.4 Å². The average Bonchev–Trinajstić information content (AvgIpc) is 2.65. The van der Waals surface area contributed by atoms with Crippen molar-refractivity contribution in [1.29, 1.82) is 0 Å². The molecule has 2 aliphatic rings. The van der Waals surface area contributed by atoms with Crippen LogP contribution in [0.2, 0.25) is 0 Å². The van der Waals surface area contributed by atoms with Gasteiger partial charge < -0.3 is 15.0 Å². The molecule has 1 aromatic rings. The maximum Gasteiger partial charge on any atom is 0.238 e. The van der Waals surface area contributed by atoms with Crippen molar-refractivity contribution < 1.29 is 18.7 Å². The first-order valence-corrected chi connectivity index (χ1v) is 8.96. The number of anilines is 1. The number of nitrogens with zero attached hydrogens (tertiary/aromatic N) is 3. The Hall–Kier alpha value is -2.03. The van der Waals surface area contributed by atoms with E-state index in [1.54, 1.807) is 0 Å². The Labute approximate surface area is 152 Å². The van der Waals surface area contributed by atoms with E-state index in [0.29, 0.717) is 51.6 Å². The first-order valence-electron chi connectivity index (χ1n) is 8.96. The minimum atomic E-state index is -0.333. The van der Waals surface area contributed by atoms with E-state index >= 15 is 0 Å². The highest BCUT2D eigenvalue weighted by atomic mass is 19.1. The van der Waals surface area contributed by atoms with Crippen molar-refractivity contribution in [2.75, 3.05) is 70.9 Å². The van der Waals surface area contributed by atoms with Crippen molar-refractivity contribution in [3.8, 4) is 0 Å². The van der Waals surface area contributed by atoms with E-state index in [2.05, 4.69) is 10.2 Å². The third-order valence-corrected chi connectivity index (χ3v) is 4.68. The summed E-state index contributed by atoms with van der Waals surface area (Å²) in [4.78, 5) is 30.5. The number of hydrogen-bond acceptors (Lipinski definition) is 5. The summed E-state index contributed by atoms with van der Waals surface area (Å²) in [6, 6.07) is 5.70. The number of rotatable bonds is 5. The monoisotopic (exact) mass is 364 g/mol. The second kappa shape index (κ2) is 9.07. The van der Waals surface area contributed by atoms with Crippen LogP contribution in [0.1, 0.15) is 0 Å². The Balaban J connectivity index is 1.38. The van der Waals surface area contributed by atoms with E-state index in [0.717, 1.165) is 13.1 Å². The molecule has 1 N–H and O–H groups in total. The smallest absolute Gasteiger partial charge is 0.238 e. The number of piperazine rings is 1. The molecule has 8 heteroatoms. The molecular formula is C18H25FN4O3. The fourth-order valence-corrected chi connectivity index (χ4v) is 3.14.